The van der Waals surface area contributed by atoms with Gasteiger partial charge in [0.15, 0.2) is 5.96 Å². The number of likely N-dealkylation sites (tertiary alicyclic amines) is 2. The lowest BCUT2D eigenvalue weighted by Gasteiger charge is -2.34. The van der Waals surface area contributed by atoms with Gasteiger partial charge in [0.2, 0.25) is 0 Å². The molecule has 4 rings (SSSR count). The Bertz CT molecular complexity index is 892. The van der Waals surface area contributed by atoms with Gasteiger partial charge in [0, 0.05) is 64.3 Å². The molecule has 0 spiro atoms. The molecule has 182 valence electrons. The lowest BCUT2D eigenvalue weighted by atomic mass is 10.0. The number of nitrogens with one attached hydrogen (secondary N) is 1. The number of aryl methyl sites for hydroxylation is 1. The summed E-state index contributed by atoms with van der Waals surface area (Å²) in [6.45, 7) is 6.23. The highest BCUT2D eigenvalue weighted by atomic mass is 127. The molecule has 2 aliphatic rings. The average Bonchev–Trinajstić information content (AvgIpc) is 3.56. The molecule has 2 fully saturated rings. The van der Waals surface area contributed by atoms with Crippen molar-refractivity contribution in [2.75, 3.05) is 39.3 Å². The number of guanidine groups is 1. The van der Waals surface area contributed by atoms with Crippen molar-refractivity contribution in [3.63, 3.8) is 0 Å². The van der Waals surface area contributed by atoms with Crippen LogP contribution < -0.4 is 5.32 Å². The highest BCUT2D eigenvalue weighted by Crippen LogP contribution is 2.27. The van der Waals surface area contributed by atoms with Crippen LogP contribution in [0.1, 0.15) is 43.4 Å². The Balaban J connectivity index is 0.00000306. The van der Waals surface area contributed by atoms with E-state index >= 15 is 0 Å². The van der Waals surface area contributed by atoms with Gasteiger partial charge >= 0.3 is 6.09 Å². The SMILES string of the molecule is CCOC(=O)N1CCC(NC(=NCCc2ccco2)N2CCC(c3cnn(C)c3)C2)CC1.I. The topological polar surface area (TPSA) is 88.1 Å². The summed E-state index contributed by atoms with van der Waals surface area (Å²) in [5.41, 5.74) is 1.28. The Hall–Kier alpha value is -2.24. The fourth-order valence-corrected chi connectivity index (χ4v) is 4.44. The first-order chi connectivity index (χ1) is 15.6. The standard InChI is InChI=1S/C23H34N6O3.HI/c1-3-31-23(30)28-12-8-20(9-13-28)26-22(24-10-6-21-5-4-14-32-21)29-11-7-18(17-29)19-15-25-27(2)16-19;/h4-5,14-16,18,20H,3,6-13,17H2,1-2H3,(H,24,26);1H. The van der Waals surface area contributed by atoms with Crippen LogP contribution in [0.2, 0.25) is 0 Å². The summed E-state index contributed by atoms with van der Waals surface area (Å²) in [6.07, 6.45) is 9.21. The number of halogens is 1. The van der Waals surface area contributed by atoms with Crippen molar-refractivity contribution in [2.24, 2.45) is 12.0 Å². The third-order valence-electron chi connectivity index (χ3n) is 6.24. The fourth-order valence-electron chi connectivity index (χ4n) is 4.44. The van der Waals surface area contributed by atoms with Gasteiger partial charge in [-0.05, 0) is 43.9 Å². The Morgan fingerprint density at radius 1 is 1.27 bits per heavy atom. The zero-order chi connectivity index (χ0) is 22.3. The largest absolute Gasteiger partial charge is 0.469 e. The Morgan fingerprint density at radius 2 is 2.06 bits per heavy atom. The smallest absolute Gasteiger partial charge is 0.409 e. The van der Waals surface area contributed by atoms with Crippen LogP contribution >= 0.6 is 24.0 Å². The quantitative estimate of drug-likeness (QED) is 0.326. The minimum atomic E-state index is -0.211. The maximum atomic E-state index is 12.0. The number of hydrogen-bond donors (Lipinski definition) is 1. The number of carbonyl (C=O) groups excluding carboxylic acids is 1. The van der Waals surface area contributed by atoms with E-state index in [1.807, 2.05) is 37.0 Å². The molecule has 2 aromatic heterocycles. The minimum absolute atomic E-state index is 0. The molecule has 0 bridgehead atoms. The second kappa shape index (κ2) is 12.3. The highest BCUT2D eigenvalue weighted by Gasteiger charge is 2.30. The van der Waals surface area contributed by atoms with Gasteiger partial charge in [-0.3, -0.25) is 9.67 Å². The average molecular weight is 570 g/mol. The summed E-state index contributed by atoms with van der Waals surface area (Å²) in [7, 11) is 1.96. The highest BCUT2D eigenvalue weighted by molar-refractivity contribution is 14.0. The zero-order valence-corrected chi connectivity index (χ0v) is 21.8. The summed E-state index contributed by atoms with van der Waals surface area (Å²) in [5.74, 6) is 2.37. The molecule has 9 nitrogen and oxygen atoms in total. The Labute approximate surface area is 212 Å². The fraction of sp³-hybridized carbons (Fsp3) is 0.609. The number of ether oxygens (including phenoxy) is 1. The van der Waals surface area contributed by atoms with Gasteiger partial charge in [-0.15, -0.1) is 24.0 Å². The molecule has 0 aliphatic carbocycles. The van der Waals surface area contributed by atoms with Crippen LogP contribution in [0, 0.1) is 0 Å². The molecule has 4 heterocycles. The van der Waals surface area contributed by atoms with Crippen LogP contribution in [-0.2, 0) is 18.2 Å². The second-order valence-electron chi connectivity index (χ2n) is 8.52. The minimum Gasteiger partial charge on any atom is -0.469 e. The number of nitrogens with zero attached hydrogens (tertiary/aromatic N) is 5. The Kier molecular flexibility index (Phi) is 9.45. The van der Waals surface area contributed by atoms with Crippen LogP contribution in [0.25, 0.3) is 0 Å². The molecule has 0 saturated carbocycles. The molecule has 1 unspecified atom stereocenters. The van der Waals surface area contributed by atoms with Crippen molar-refractivity contribution in [2.45, 2.75) is 44.6 Å². The normalized spacial score (nSPS) is 19.5. The predicted molar refractivity (Wildman–Crippen MR) is 137 cm³/mol. The van der Waals surface area contributed by atoms with E-state index in [0.717, 1.165) is 50.5 Å². The maximum absolute atomic E-state index is 12.0. The molecular formula is C23H35IN6O3. The Morgan fingerprint density at radius 3 is 2.73 bits per heavy atom. The van der Waals surface area contributed by atoms with Crippen molar-refractivity contribution in [3.05, 3.63) is 42.1 Å². The van der Waals surface area contributed by atoms with E-state index in [1.54, 1.807) is 11.2 Å². The van der Waals surface area contributed by atoms with Gasteiger partial charge in [0.1, 0.15) is 5.76 Å². The van der Waals surface area contributed by atoms with Gasteiger partial charge in [0.05, 0.1) is 19.1 Å². The van der Waals surface area contributed by atoms with Crippen LogP contribution in [-0.4, -0.2) is 77.0 Å². The van der Waals surface area contributed by atoms with E-state index in [9.17, 15) is 4.79 Å². The number of furan rings is 1. The van der Waals surface area contributed by atoms with Gasteiger partial charge in [-0.25, -0.2) is 4.79 Å². The van der Waals surface area contributed by atoms with E-state index in [4.69, 9.17) is 14.1 Å². The van der Waals surface area contributed by atoms with Crippen molar-refractivity contribution in [1.29, 1.82) is 0 Å². The van der Waals surface area contributed by atoms with E-state index in [2.05, 4.69) is 21.5 Å². The number of piperidine rings is 1. The van der Waals surface area contributed by atoms with E-state index in [1.165, 1.54) is 5.56 Å². The van der Waals surface area contributed by atoms with E-state index in [-0.39, 0.29) is 30.1 Å². The lowest BCUT2D eigenvalue weighted by Crippen LogP contribution is -2.50. The molecule has 10 heteroatoms. The first-order valence-electron chi connectivity index (χ1n) is 11.6. The third-order valence-corrected chi connectivity index (χ3v) is 6.24. The zero-order valence-electron chi connectivity index (χ0n) is 19.5. The number of rotatable bonds is 6. The van der Waals surface area contributed by atoms with E-state index in [0.29, 0.717) is 38.2 Å². The number of aromatic nitrogens is 2. The predicted octanol–water partition coefficient (Wildman–Crippen LogP) is 3.23. The van der Waals surface area contributed by atoms with Crippen LogP contribution in [0.15, 0.2) is 40.2 Å². The first-order valence-corrected chi connectivity index (χ1v) is 11.6. The molecule has 0 radical (unpaired) electrons. The van der Waals surface area contributed by atoms with Crippen LogP contribution in [0.3, 0.4) is 0 Å². The molecule has 0 aromatic carbocycles. The van der Waals surface area contributed by atoms with Gasteiger partial charge in [0.25, 0.3) is 0 Å². The third kappa shape index (κ3) is 6.87. The van der Waals surface area contributed by atoms with Crippen LogP contribution in [0.4, 0.5) is 4.79 Å². The van der Waals surface area contributed by atoms with Crippen molar-refractivity contribution >= 4 is 36.0 Å². The molecule has 2 aliphatic heterocycles. The summed E-state index contributed by atoms with van der Waals surface area (Å²) in [5, 5.41) is 8.03. The van der Waals surface area contributed by atoms with Crippen LogP contribution in [0.5, 0.6) is 0 Å². The summed E-state index contributed by atoms with van der Waals surface area (Å²) < 4.78 is 12.5. The number of carbonyl (C=O) groups is 1. The molecule has 1 amide bonds. The van der Waals surface area contributed by atoms with Gasteiger partial charge in [-0.1, -0.05) is 0 Å². The lowest BCUT2D eigenvalue weighted by molar-refractivity contribution is 0.0961. The summed E-state index contributed by atoms with van der Waals surface area (Å²) >= 11 is 0. The first kappa shape index (κ1) is 25.4. The molecule has 1 N–H and O–H groups in total. The molecule has 1 atom stereocenters. The van der Waals surface area contributed by atoms with Gasteiger partial charge in [-0.2, -0.15) is 5.10 Å². The number of aliphatic imine (C=N–C) groups is 1. The van der Waals surface area contributed by atoms with E-state index < -0.39 is 0 Å². The molecule has 33 heavy (non-hydrogen) atoms. The summed E-state index contributed by atoms with van der Waals surface area (Å²) in [6, 6.07) is 4.19. The second-order valence-corrected chi connectivity index (χ2v) is 8.52. The van der Waals surface area contributed by atoms with Crippen molar-refractivity contribution < 1.29 is 13.9 Å². The van der Waals surface area contributed by atoms with Crippen molar-refractivity contribution in [3.8, 4) is 0 Å². The summed E-state index contributed by atoms with van der Waals surface area (Å²) in [4.78, 5) is 21.1. The van der Waals surface area contributed by atoms with Crippen molar-refractivity contribution in [1.82, 2.24) is 24.9 Å². The number of amides is 1. The number of hydrogen-bond acceptors (Lipinski definition) is 5. The molecule has 2 aromatic rings. The maximum Gasteiger partial charge on any atom is 0.409 e. The molecule has 2 saturated heterocycles. The molecular weight excluding hydrogens is 535 g/mol. The monoisotopic (exact) mass is 570 g/mol. The van der Waals surface area contributed by atoms with Gasteiger partial charge < -0.3 is 24.3 Å².